The molecular formula is C22H26N2O2S2. The van der Waals surface area contributed by atoms with Gasteiger partial charge in [0.2, 0.25) is 0 Å². The molecule has 28 heavy (non-hydrogen) atoms. The Kier molecular flexibility index (Phi) is 5.04. The fraction of sp³-hybridized carbons (Fsp3) is 0.409. The molecule has 148 valence electrons. The summed E-state index contributed by atoms with van der Waals surface area (Å²) in [5, 5.41) is 0.940. The second-order valence-electron chi connectivity index (χ2n) is 7.99. The smallest absolute Gasteiger partial charge is 0.164 e. The zero-order chi connectivity index (χ0) is 20.1. The van der Waals surface area contributed by atoms with Crippen LogP contribution in [0.15, 0.2) is 41.4 Å². The molecular weight excluding hydrogens is 388 g/mol. The number of hydrogen-bond acceptors (Lipinski definition) is 5. The van der Waals surface area contributed by atoms with Gasteiger partial charge in [-0.1, -0.05) is 47.7 Å². The molecule has 0 saturated carbocycles. The van der Waals surface area contributed by atoms with Crippen LogP contribution in [0.4, 0.5) is 5.69 Å². The van der Waals surface area contributed by atoms with Gasteiger partial charge in [-0.3, -0.25) is 4.99 Å². The molecule has 0 bridgehead atoms. The Bertz CT molecular complexity index is 1060. The molecule has 2 aliphatic rings. The van der Waals surface area contributed by atoms with E-state index in [0.717, 1.165) is 22.2 Å². The molecule has 0 aliphatic carbocycles. The molecule has 0 radical (unpaired) electrons. The molecule has 2 unspecified atom stereocenters. The van der Waals surface area contributed by atoms with Crippen molar-refractivity contribution < 1.29 is 8.42 Å². The van der Waals surface area contributed by atoms with Crippen molar-refractivity contribution >= 4 is 32.5 Å². The highest BCUT2D eigenvalue weighted by Gasteiger charge is 2.47. The van der Waals surface area contributed by atoms with Crippen LogP contribution in [-0.4, -0.2) is 37.2 Å². The van der Waals surface area contributed by atoms with Gasteiger partial charge in [-0.05, 0) is 56.0 Å². The molecule has 0 spiro atoms. The van der Waals surface area contributed by atoms with Crippen LogP contribution in [0.2, 0.25) is 0 Å². The quantitative estimate of drug-likeness (QED) is 0.755. The number of benzene rings is 2. The van der Waals surface area contributed by atoms with Crippen LogP contribution in [0.3, 0.4) is 0 Å². The van der Waals surface area contributed by atoms with E-state index in [0.29, 0.717) is 0 Å². The summed E-state index contributed by atoms with van der Waals surface area (Å²) in [6, 6.07) is 12.6. The van der Waals surface area contributed by atoms with Crippen molar-refractivity contribution in [3.8, 4) is 0 Å². The van der Waals surface area contributed by atoms with Crippen LogP contribution in [0.1, 0.15) is 27.8 Å². The summed E-state index contributed by atoms with van der Waals surface area (Å²) in [6.45, 7) is 8.42. The van der Waals surface area contributed by atoms with Crippen LogP contribution in [-0.2, 0) is 15.6 Å². The summed E-state index contributed by atoms with van der Waals surface area (Å²) in [5.41, 5.74) is 7.29. The number of rotatable bonds is 3. The standard InChI is InChI=1S/C22H26N2O2S2/c1-14-5-8-20(17(4)9-14)24-21-13-28(25,26)12-19(21)23-22(24)27-11-18-7-6-15(2)16(3)10-18/h5-10,19,21H,11-13H2,1-4H3. The predicted molar refractivity (Wildman–Crippen MR) is 119 cm³/mol. The van der Waals surface area contributed by atoms with E-state index in [1.54, 1.807) is 11.8 Å². The first-order valence-corrected chi connectivity index (χ1v) is 12.4. The SMILES string of the molecule is Cc1ccc(N2C(SCc3ccc(C)c(C)c3)=NC3CS(=O)(=O)CC32)c(C)c1. The minimum Gasteiger partial charge on any atom is -0.315 e. The van der Waals surface area contributed by atoms with Crippen molar-refractivity contribution in [1.82, 2.24) is 0 Å². The third-order valence-electron chi connectivity index (χ3n) is 5.66. The van der Waals surface area contributed by atoms with Crippen LogP contribution in [0, 0.1) is 27.7 Å². The summed E-state index contributed by atoms with van der Waals surface area (Å²) >= 11 is 1.71. The number of fused-ring (bicyclic) bond motifs is 1. The third kappa shape index (κ3) is 3.72. The van der Waals surface area contributed by atoms with Gasteiger partial charge in [0.05, 0.1) is 23.6 Å². The number of aliphatic imine (C=N–C) groups is 1. The van der Waals surface area contributed by atoms with Gasteiger partial charge in [0.1, 0.15) is 0 Å². The van der Waals surface area contributed by atoms with E-state index in [2.05, 4.69) is 69.0 Å². The molecule has 4 rings (SSSR count). The zero-order valence-corrected chi connectivity index (χ0v) is 18.4. The van der Waals surface area contributed by atoms with Crippen molar-refractivity contribution in [2.24, 2.45) is 4.99 Å². The van der Waals surface area contributed by atoms with Gasteiger partial charge >= 0.3 is 0 Å². The Hall–Kier alpha value is -1.79. The Balaban J connectivity index is 1.64. The van der Waals surface area contributed by atoms with Gasteiger partial charge in [0.15, 0.2) is 15.0 Å². The lowest BCUT2D eigenvalue weighted by atomic mass is 10.1. The number of thioether (sulfide) groups is 1. The zero-order valence-electron chi connectivity index (χ0n) is 16.8. The highest BCUT2D eigenvalue weighted by atomic mass is 32.2. The molecule has 1 saturated heterocycles. The highest BCUT2D eigenvalue weighted by molar-refractivity contribution is 8.13. The Morgan fingerprint density at radius 3 is 2.50 bits per heavy atom. The van der Waals surface area contributed by atoms with E-state index >= 15 is 0 Å². The fourth-order valence-corrected chi connectivity index (χ4v) is 6.93. The Morgan fingerprint density at radius 2 is 1.79 bits per heavy atom. The summed E-state index contributed by atoms with van der Waals surface area (Å²) in [5.74, 6) is 1.17. The summed E-state index contributed by atoms with van der Waals surface area (Å²) in [6.07, 6.45) is 0. The van der Waals surface area contributed by atoms with Crippen molar-refractivity contribution in [2.45, 2.75) is 45.5 Å². The van der Waals surface area contributed by atoms with E-state index in [9.17, 15) is 8.42 Å². The third-order valence-corrected chi connectivity index (χ3v) is 8.40. The van der Waals surface area contributed by atoms with Crippen LogP contribution in [0.25, 0.3) is 0 Å². The number of sulfone groups is 1. The molecule has 2 aliphatic heterocycles. The second kappa shape index (κ2) is 7.23. The first kappa shape index (κ1) is 19.5. The molecule has 2 aromatic carbocycles. The molecule has 2 heterocycles. The lowest BCUT2D eigenvalue weighted by molar-refractivity contribution is 0.601. The van der Waals surface area contributed by atoms with E-state index in [-0.39, 0.29) is 23.6 Å². The van der Waals surface area contributed by atoms with Crippen molar-refractivity contribution in [1.29, 1.82) is 0 Å². The molecule has 0 N–H and O–H groups in total. The molecule has 0 aromatic heterocycles. The monoisotopic (exact) mass is 414 g/mol. The lowest BCUT2D eigenvalue weighted by Gasteiger charge is -2.28. The van der Waals surface area contributed by atoms with E-state index in [1.807, 2.05) is 0 Å². The molecule has 1 fully saturated rings. The number of amidine groups is 1. The first-order chi connectivity index (χ1) is 13.2. The average Bonchev–Trinajstić information content (AvgIpc) is 3.08. The topological polar surface area (TPSA) is 49.7 Å². The average molecular weight is 415 g/mol. The molecule has 0 amide bonds. The van der Waals surface area contributed by atoms with Gasteiger partial charge in [0, 0.05) is 11.4 Å². The maximum Gasteiger partial charge on any atom is 0.164 e. The molecule has 6 heteroatoms. The fourth-order valence-electron chi connectivity index (χ4n) is 4.03. The second-order valence-corrected chi connectivity index (χ2v) is 11.1. The number of aryl methyl sites for hydroxylation is 4. The summed E-state index contributed by atoms with van der Waals surface area (Å²) in [4.78, 5) is 7.02. The van der Waals surface area contributed by atoms with Gasteiger partial charge in [-0.25, -0.2) is 8.42 Å². The van der Waals surface area contributed by atoms with Crippen molar-refractivity contribution in [2.75, 3.05) is 16.4 Å². The largest absolute Gasteiger partial charge is 0.315 e. The summed E-state index contributed by atoms with van der Waals surface area (Å²) < 4.78 is 24.4. The summed E-state index contributed by atoms with van der Waals surface area (Å²) in [7, 11) is -3.03. The van der Waals surface area contributed by atoms with Crippen LogP contribution in [0.5, 0.6) is 0 Å². The lowest BCUT2D eigenvalue weighted by Crippen LogP contribution is -2.39. The number of anilines is 1. The van der Waals surface area contributed by atoms with Gasteiger partial charge in [-0.15, -0.1) is 0 Å². The van der Waals surface area contributed by atoms with E-state index in [1.165, 1.54) is 22.3 Å². The molecule has 2 atom stereocenters. The Morgan fingerprint density at radius 1 is 1.00 bits per heavy atom. The van der Waals surface area contributed by atoms with Gasteiger partial charge < -0.3 is 4.90 Å². The van der Waals surface area contributed by atoms with Gasteiger partial charge in [-0.2, -0.15) is 0 Å². The van der Waals surface area contributed by atoms with Crippen molar-refractivity contribution in [3.63, 3.8) is 0 Å². The minimum atomic E-state index is -3.03. The highest BCUT2D eigenvalue weighted by Crippen LogP contribution is 2.37. The molecule has 4 nitrogen and oxygen atoms in total. The minimum absolute atomic E-state index is 0.0892. The predicted octanol–water partition coefficient (Wildman–Crippen LogP) is 4.20. The van der Waals surface area contributed by atoms with Crippen LogP contribution >= 0.6 is 11.8 Å². The van der Waals surface area contributed by atoms with E-state index in [4.69, 9.17) is 4.99 Å². The van der Waals surface area contributed by atoms with E-state index < -0.39 is 9.84 Å². The molecule has 2 aromatic rings. The van der Waals surface area contributed by atoms with Gasteiger partial charge in [0.25, 0.3) is 0 Å². The number of nitrogens with zero attached hydrogens (tertiary/aromatic N) is 2. The number of hydrogen-bond donors (Lipinski definition) is 0. The van der Waals surface area contributed by atoms with Crippen LogP contribution < -0.4 is 4.90 Å². The first-order valence-electron chi connectivity index (χ1n) is 9.57. The maximum absolute atomic E-state index is 12.2. The normalized spacial score (nSPS) is 23.0. The Labute approximate surface area is 172 Å². The van der Waals surface area contributed by atoms with Crippen molar-refractivity contribution in [3.05, 3.63) is 64.2 Å². The maximum atomic E-state index is 12.2.